The van der Waals surface area contributed by atoms with Crippen LogP contribution in [0.5, 0.6) is 5.75 Å². The van der Waals surface area contributed by atoms with Gasteiger partial charge in [-0.3, -0.25) is 0 Å². The predicted molar refractivity (Wildman–Crippen MR) is 228 cm³/mol. The van der Waals surface area contributed by atoms with Gasteiger partial charge in [0.1, 0.15) is 11.9 Å². The van der Waals surface area contributed by atoms with Crippen molar-refractivity contribution in [3.05, 3.63) is 65.7 Å². The molecule has 0 N–H and O–H groups in total. The van der Waals surface area contributed by atoms with Gasteiger partial charge in [0.15, 0.2) is 0 Å². The first-order valence-electron chi connectivity index (χ1n) is 22.9. The maximum atomic E-state index is 13.4. The second kappa shape index (κ2) is 18.1. The van der Waals surface area contributed by atoms with Crippen molar-refractivity contribution < 1.29 is 23.7 Å². The van der Waals surface area contributed by atoms with Crippen molar-refractivity contribution >= 4 is 5.97 Å². The molecule has 308 valence electrons. The number of carbonyl (C=O) groups is 1. The number of carbonyl (C=O) groups excluding carboxylic acids is 1. The molecular weight excluding hydrogens is 693 g/mol. The van der Waals surface area contributed by atoms with Crippen molar-refractivity contribution in [1.82, 2.24) is 0 Å². The number of rotatable bonds is 18. The SMILES string of the molecule is CC(C)CCCC(C)C1CCC2C3CC=C4CC(OC(=O)c5ccc(-c6ccc(OCCCCCCOCC7(C)COC7)cc6)cc5)CCC4(C)C3CCC12C. The quantitative estimate of drug-likeness (QED) is 0.0859. The van der Waals surface area contributed by atoms with Crippen LogP contribution in [0.2, 0.25) is 0 Å². The molecule has 0 aromatic heterocycles. The number of benzene rings is 2. The van der Waals surface area contributed by atoms with Gasteiger partial charge in [0, 0.05) is 18.4 Å². The highest BCUT2D eigenvalue weighted by molar-refractivity contribution is 5.90. The number of esters is 1. The number of unbranched alkanes of at least 4 members (excludes halogenated alkanes) is 3. The fraction of sp³-hybridized carbons (Fsp3) is 0.706. The second-order valence-corrected chi connectivity index (χ2v) is 20.3. The van der Waals surface area contributed by atoms with Gasteiger partial charge in [-0.2, -0.15) is 0 Å². The van der Waals surface area contributed by atoms with E-state index in [4.69, 9.17) is 18.9 Å². The third kappa shape index (κ3) is 9.30. The van der Waals surface area contributed by atoms with Gasteiger partial charge in [-0.1, -0.05) is 103 Å². The minimum atomic E-state index is -0.193. The molecule has 0 amide bonds. The van der Waals surface area contributed by atoms with E-state index in [0.29, 0.717) is 11.0 Å². The second-order valence-electron chi connectivity index (χ2n) is 20.3. The lowest BCUT2D eigenvalue weighted by Crippen LogP contribution is -2.51. The Morgan fingerprint density at radius 3 is 2.20 bits per heavy atom. The largest absolute Gasteiger partial charge is 0.494 e. The van der Waals surface area contributed by atoms with Crippen molar-refractivity contribution in [2.75, 3.05) is 33.0 Å². The van der Waals surface area contributed by atoms with E-state index in [9.17, 15) is 4.79 Å². The summed E-state index contributed by atoms with van der Waals surface area (Å²) in [4.78, 5) is 13.4. The maximum Gasteiger partial charge on any atom is 0.338 e. The molecule has 2 aromatic rings. The van der Waals surface area contributed by atoms with Crippen LogP contribution in [0, 0.1) is 51.8 Å². The highest BCUT2D eigenvalue weighted by atomic mass is 16.5. The molecule has 5 heteroatoms. The van der Waals surface area contributed by atoms with Gasteiger partial charge >= 0.3 is 5.97 Å². The van der Waals surface area contributed by atoms with Crippen LogP contribution in [0.15, 0.2) is 60.2 Å². The lowest BCUT2D eigenvalue weighted by atomic mass is 9.47. The van der Waals surface area contributed by atoms with Crippen LogP contribution in [0.1, 0.15) is 148 Å². The van der Waals surface area contributed by atoms with Crippen molar-refractivity contribution in [3.63, 3.8) is 0 Å². The van der Waals surface area contributed by atoms with Gasteiger partial charge < -0.3 is 18.9 Å². The van der Waals surface area contributed by atoms with Crippen molar-refractivity contribution in [2.45, 2.75) is 144 Å². The summed E-state index contributed by atoms with van der Waals surface area (Å²) in [5, 5.41) is 0. The van der Waals surface area contributed by atoms with Crippen LogP contribution in [0.25, 0.3) is 11.1 Å². The number of allylic oxidation sites excluding steroid dienone is 1. The first kappa shape index (κ1) is 41.5. The minimum Gasteiger partial charge on any atom is -0.494 e. The Bertz CT molecular complexity index is 1610. The Kier molecular flexibility index (Phi) is 13.4. The Balaban J connectivity index is 0.844. The summed E-state index contributed by atoms with van der Waals surface area (Å²) in [5.41, 5.74) is 5.42. The maximum absolute atomic E-state index is 13.4. The van der Waals surface area contributed by atoms with E-state index in [1.165, 1.54) is 51.4 Å². The molecule has 8 atom stereocenters. The molecule has 5 nitrogen and oxygen atoms in total. The molecule has 2 aromatic carbocycles. The molecule has 3 saturated carbocycles. The van der Waals surface area contributed by atoms with E-state index < -0.39 is 0 Å². The summed E-state index contributed by atoms with van der Waals surface area (Å²) in [6.45, 7) is 18.8. The summed E-state index contributed by atoms with van der Waals surface area (Å²) in [5.74, 6) is 5.74. The van der Waals surface area contributed by atoms with E-state index in [1.807, 2.05) is 36.4 Å². The molecule has 1 heterocycles. The average Bonchev–Trinajstić information content (AvgIpc) is 3.54. The molecule has 8 unspecified atom stereocenters. The molecular formula is C51H74O5. The predicted octanol–water partition coefficient (Wildman–Crippen LogP) is 12.9. The highest BCUT2D eigenvalue weighted by Gasteiger charge is 2.59. The molecule has 0 radical (unpaired) electrons. The highest BCUT2D eigenvalue weighted by Crippen LogP contribution is 2.67. The topological polar surface area (TPSA) is 54.0 Å². The fourth-order valence-corrected chi connectivity index (χ4v) is 12.2. The van der Waals surface area contributed by atoms with Crippen LogP contribution >= 0.6 is 0 Å². The summed E-state index contributed by atoms with van der Waals surface area (Å²) in [6.07, 6.45) is 21.1. The standard InChI is InChI=1S/C51H74O5/c1-36(2)12-11-13-37(3)45-24-25-46-44-23-20-41-32-43(26-28-50(41,5)47(44)27-29-51(45,46)6)56-48(52)40-16-14-38(15-17-40)39-18-21-42(22-19-39)55-31-10-8-7-9-30-53-33-49(4)34-54-35-49/h14-22,36-37,43-47H,7-13,23-35H2,1-6H3. The molecule has 4 aliphatic carbocycles. The minimum absolute atomic E-state index is 0.0303. The Morgan fingerprint density at radius 2 is 1.50 bits per heavy atom. The molecule has 5 aliphatic rings. The van der Waals surface area contributed by atoms with Gasteiger partial charge in [-0.15, -0.1) is 0 Å². The Morgan fingerprint density at radius 1 is 0.786 bits per heavy atom. The van der Waals surface area contributed by atoms with Crippen LogP contribution in [0.4, 0.5) is 0 Å². The van der Waals surface area contributed by atoms with E-state index in [2.05, 4.69) is 59.8 Å². The Hall–Kier alpha value is -2.63. The zero-order valence-corrected chi connectivity index (χ0v) is 35.9. The van der Waals surface area contributed by atoms with E-state index >= 15 is 0 Å². The van der Waals surface area contributed by atoms with Crippen molar-refractivity contribution in [1.29, 1.82) is 0 Å². The van der Waals surface area contributed by atoms with Crippen molar-refractivity contribution in [3.8, 4) is 16.9 Å². The number of fused-ring (bicyclic) bond motifs is 5. The molecule has 0 bridgehead atoms. The Labute approximate surface area is 340 Å². The first-order chi connectivity index (χ1) is 27.0. The van der Waals surface area contributed by atoms with Crippen LogP contribution < -0.4 is 4.74 Å². The zero-order chi connectivity index (χ0) is 39.3. The lowest BCUT2D eigenvalue weighted by molar-refractivity contribution is -0.137. The fourth-order valence-electron chi connectivity index (χ4n) is 12.2. The van der Waals surface area contributed by atoms with E-state index in [0.717, 1.165) is 130 Å². The van der Waals surface area contributed by atoms with Gasteiger partial charge in [0.05, 0.1) is 32.0 Å². The monoisotopic (exact) mass is 767 g/mol. The molecule has 0 spiro atoms. The normalized spacial score (nSPS) is 31.1. The summed E-state index contributed by atoms with van der Waals surface area (Å²) in [6, 6.07) is 16.2. The smallest absolute Gasteiger partial charge is 0.338 e. The molecule has 1 aliphatic heterocycles. The first-order valence-corrected chi connectivity index (χ1v) is 22.9. The zero-order valence-electron chi connectivity index (χ0n) is 35.9. The van der Waals surface area contributed by atoms with E-state index in [1.54, 1.807) is 5.57 Å². The van der Waals surface area contributed by atoms with Crippen LogP contribution in [-0.4, -0.2) is 45.1 Å². The summed E-state index contributed by atoms with van der Waals surface area (Å²) >= 11 is 0. The lowest BCUT2D eigenvalue weighted by Gasteiger charge is -2.58. The molecule has 7 rings (SSSR count). The average molecular weight is 767 g/mol. The van der Waals surface area contributed by atoms with Gasteiger partial charge in [0.2, 0.25) is 0 Å². The number of hydrogen-bond donors (Lipinski definition) is 0. The third-order valence-corrected chi connectivity index (χ3v) is 15.6. The van der Waals surface area contributed by atoms with Gasteiger partial charge in [-0.05, 0) is 146 Å². The number of hydrogen-bond acceptors (Lipinski definition) is 5. The molecule has 56 heavy (non-hydrogen) atoms. The third-order valence-electron chi connectivity index (χ3n) is 15.6. The molecule has 1 saturated heterocycles. The van der Waals surface area contributed by atoms with Crippen molar-refractivity contribution in [2.24, 2.45) is 51.8 Å². The summed E-state index contributed by atoms with van der Waals surface area (Å²) in [7, 11) is 0. The van der Waals surface area contributed by atoms with Crippen LogP contribution in [0.3, 0.4) is 0 Å². The van der Waals surface area contributed by atoms with E-state index in [-0.39, 0.29) is 22.9 Å². The van der Waals surface area contributed by atoms with Gasteiger partial charge in [0.25, 0.3) is 0 Å². The van der Waals surface area contributed by atoms with Gasteiger partial charge in [-0.25, -0.2) is 4.79 Å². The van der Waals surface area contributed by atoms with Crippen LogP contribution in [-0.2, 0) is 14.2 Å². The number of ether oxygens (including phenoxy) is 4. The molecule has 4 fully saturated rings. The summed E-state index contributed by atoms with van der Waals surface area (Å²) < 4.78 is 23.4.